The predicted molar refractivity (Wildman–Crippen MR) is 76.6 cm³/mol. The Kier molecular flexibility index (Phi) is 2.34. The van der Waals surface area contributed by atoms with Crippen LogP contribution in [0.4, 0.5) is 0 Å². The van der Waals surface area contributed by atoms with Gasteiger partial charge in [-0.15, -0.1) is 0 Å². The van der Waals surface area contributed by atoms with Crippen molar-refractivity contribution < 1.29 is 5.11 Å². The van der Waals surface area contributed by atoms with Crippen molar-refractivity contribution in [3.05, 3.63) is 54.6 Å². The first-order valence-corrected chi connectivity index (χ1v) is 6.37. The number of imidazole rings is 2. The van der Waals surface area contributed by atoms with Gasteiger partial charge >= 0.3 is 0 Å². The van der Waals surface area contributed by atoms with Crippen LogP contribution in [0.2, 0.25) is 0 Å². The Hall–Kier alpha value is -2.66. The van der Waals surface area contributed by atoms with Crippen molar-refractivity contribution >= 4 is 22.1 Å². The molecule has 0 bridgehead atoms. The van der Waals surface area contributed by atoms with E-state index in [1.54, 1.807) is 0 Å². The molecular weight excluding hydrogens is 252 g/mol. The number of nitrogens with one attached hydrogen (secondary N) is 1. The van der Waals surface area contributed by atoms with Crippen LogP contribution in [0.3, 0.4) is 0 Å². The molecule has 5 heteroatoms. The summed E-state index contributed by atoms with van der Waals surface area (Å²) < 4.78 is 2.04. The molecule has 4 aromatic rings. The van der Waals surface area contributed by atoms with Crippen molar-refractivity contribution in [2.45, 2.75) is 6.61 Å². The average Bonchev–Trinajstić information content (AvgIpc) is 3.09. The fourth-order valence-corrected chi connectivity index (χ4v) is 2.44. The molecule has 2 N–H and O–H groups in total. The minimum absolute atomic E-state index is 0.0853. The highest BCUT2D eigenvalue weighted by atomic mass is 16.3. The lowest BCUT2D eigenvalue weighted by Gasteiger charge is -2.03. The molecule has 2 aromatic carbocycles. The number of aliphatic hydroxyl groups is 1. The minimum Gasteiger partial charge on any atom is -0.388 e. The van der Waals surface area contributed by atoms with E-state index in [2.05, 4.69) is 15.0 Å². The van der Waals surface area contributed by atoms with Gasteiger partial charge in [0.15, 0.2) is 0 Å². The number of nitrogens with zero attached hydrogens (tertiary/aromatic N) is 3. The van der Waals surface area contributed by atoms with Gasteiger partial charge in [0, 0.05) is 5.69 Å². The molecule has 2 aromatic heterocycles. The van der Waals surface area contributed by atoms with Crippen LogP contribution in [-0.4, -0.2) is 24.6 Å². The number of hydrogen-bond acceptors (Lipinski definition) is 3. The molecule has 0 unspecified atom stereocenters. The van der Waals surface area contributed by atoms with Crippen LogP contribution in [0.25, 0.3) is 27.8 Å². The number of aliphatic hydroxyl groups excluding tert-OH is 1. The number of aromatic amines is 1. The maximum Gasteiger partial charge on any atom is 0.133 e. The summed E-state index contributed by atoms with van der Waals surface area (Å²) >= 11 is 0. The summed E-state index contributed by atoms with van der Waals surface area (Å²) in [7, 11) is 0. The van der Waals surface area contributed by atoms with E-state index in [9.17, 15) is 0 Å². The summed E-state index contributed by atoms with van der Waals surface area (Å²) in [5.41, 5.74) is 4.80. The number of para-hydroxylation sites is 2. The fraction of sp³-hybridized carbons (Fsp3) is 0.0667. The summed E-state index contributed by atoms with van der Waals surface area (Å²) in [4.78, 5) is 11.8. The van der Waals surface area contributed by atoms with Gasteiger partial charge in [0.1, 0.15) is 18.8 Å². The van der Waals surface area contributed by atoms with Crippen LogP contribution in [0, 0.1) is 0 Å². The maximum atomic E-state index is 9.12. The van der Waals surface area contributed by atoms with Crippen LogP contribution in [0.5, 0.6) is 0 Å². The Morgan fingerprint density at radius 3 is 2.90 bits per heavy atom. The highest BCUT2D eigenvalue weighted by Gasteiger charge is 2.07. The zero-order chi connectivity index (χ0) is 13.5. The van der Waals surface area contributed by atoms with Gasteiger partial charge in [-0.2, -0.15) is 0 Å². The normalized spacial score (nSPS) is 11.4. The Balaban J connectivity index is 1.93. The summed E-state index contributed by atoms with van der Waals surface area (Å²) in [5, 5.41) is 9.12. The Morgan fingerprint density at radius 2 is 2.00 bits per heavy atom. The zero-order valence-electron chi connectivity index (χ0n) is 10.6. The van der Waals surface area contributed by atoms with Crippen LogP contribution in [0.1, 0.15) is 5.82 Å². The van der Waals surface area contributed by atoms with Crippen LogP contribution in [0.15, 0.2) is 48.8 Å². The molecule has 0 radical (unpaired) electrons. The molecule has 4 rings (SSSR count). The molecule has 0 aliphatic rings. The van der Waals surface area contributed by atoms with Gasteiger partial charge < -0.3 is 10.1 Å². The van der Waals surface area contributed by atoms with Crippen LogP contribution in [-0.2, 0) is 6.61 Å². The van der Waals surface area contributed by atoms with Gasteiger partial charge in [-0.25, -0.2) is 9.97 Å². The summed E-state index contributed by atoms with van der Waals surface area (Å²) in [6.07, 6.45) is 1.81. The number of aromatic nitrogens is 4. The fourth-order valence-electron chi connectivity index (χ4n) is 2.44. The molecule has 0 spiro atoms. The van der Waals surface area contributed by atoms with Crippen LogP contribution >= 0.6 is 0 Å². The second-order valence-corrected chi connectivity index (χ2v) is 4.65. The Bertz CT molecular complexity index is 906. The van der Waals surface area contributed by atoms with Crippen molar-refractivity contribution in [2.75, 3.05) is 0 Å². The molecule has 0 saturated carbocycles. The standard InChI is InChI=1S/C15H12N4O/c20-8-15-17-11-6-5-10(7-13(11)18-15)19-9-16-12-3-1-2-4-14(12)19/h1-7,9,20H,8H2,(H,17,18). The van der Waals surface area contributed by atoms with E-state index in [1.165, 1.54) is 0 Å². The van der Waals surface area contributed by atoms with E-state index in [0.717, 1.165) is 27.8 Å². The third-order valence-corrected chi connectivity index (χ3v) is 3.40. The largest absolute Gasteiger partial charge is 0.388 e. The van der Waals surface area contributed by atoms with E-state index in [4.69, 9.17) is 5.11 Å². The number of benzene rings is 2. The van der Waals surface area contributed by atoms with E-state index in [1.807, 2.05) is 53.4 Å². The molecule has 98 valence electrons. The van der Waals surface area contributed by atoms with Crippen molar-refractivity contribution in [1.29, 1.82) is 0 Å². The average molecular weight is 264 g/mol. The minimum atomic E-state index is -0.0853. The molecule has 0 amide bonds. The number of fused-ring (bicyclic) bond motifs is 2. The lowest BCUT2D eigenvalue weighted by molar-refractivity contribution is 0.273. The van der Waals surface area contributed by atoms with Crippen molar-refractivity contribution in [3.63, 3.8) is 0 Å². The maximum absolute atomic E-state index is 9.12. The smallest absolute Gasteiger partial charge is 0.133 e. The third-order valence-electron chi connectivity index (χ3n) is 3.40. The molecule has 0 saturated heterocycles. The zero-order valence-corrected chi connectivity index (χ0v) is 10.6. The number of rotatable bonds is 2. The van der Waals surface area contributed by atoms with Gasteiger partial charge in [0.2, 0.25) is 0 Å². The molecule has 0 aliphatic heterocycles. The molecule has 5 nitrogen and oxygen atoms in total. The van der Waals surface area contributed by atoms with Crippen molar-refractivity contribution in [2.24, 2.45) is 0 Å². The van der Waals surface area contributed by atoms with Crippen molar-refractivity contribution in [1.82, 2.24) is 19.5 Å². The van der Waals surface area contributed by atoms with E-state index in [0.29, 0.717) is 5.82 Å². The second kappa shape index (κ2) is 4.18. The van der Waals surface area contributed by atoms with Gasteiger partial charge in [0.05, 0.1) is 22.1 Å². The monoisotopic (exact) mass is 264 g/mol. The quantitative estimate of drug-likeness (QED) is 0.584. The lowest BCUT2D eigenvalue weighted by Crippen LogP contribution is -1.91. The first-order valence-electron chi connectivity index (χ1n) is 6.37. The first-order chi connectivity index (χ1) is 9.85. The molecular formula is C15H12N4O. The Morgan fingerprint density at radius 1 is 1.10 bits per heavy atom. The van der Waals surface area contributed by atoms with Gasteiger partial charge in [0.25, 0.3) is 0 Å². The van der Waals surface area contributed by atoms with Crippen molar-refractivity contribution in [3.8, 4) is 5.69 Å². The topological polar surface area (TPSA) is 66.7 Å². The molecule has 20 heavy (non-hydrogen) atoms. The first kappa shape index (κ1) is 11.2. The van der Waals surface area contributed by atoms with E-state index >= 15 is 0 Å². The predicted octanol–water partition coefficient (Wildman–Crippen LogP) is 2.39. The van der Waals surface area contributed by atoms with Crippen LogP contribution < -0.4 is 0 Å². The SMILES string of the molecule is OCc1nc2ccc(-n3cnc4ccccc43)cc2[nH]1. The van der Waals surface area contributed by atoms with Gasteiger partial charge in [-0.05, 0) is 30.3 Å². The van der Waals surface area contributed by atoms with Gasteiger partial charge in [-0.1, -0.05) is 12.1 Å². The van der Waals surface area contributed by atoms with E-state index in [-0.39, 0.29) is 6.61 Å². The lowest BCUT2D eigenvalue weighted by atomic mass is 10.2. The second-order valence-electron chi connectivity index (χ2n) is 4.65. The number of hydrogen-bond donors (Lipinski definition) is 2. The van der Waals surface area contributed by atoms with Gasteiger partial charge in [-0.3, -0.25) is 4.57 Å². The summed E-state index contributed by atoms with van der Waals surface area (Å²) in [5.74, 6) is 0.577. The summed E-state index contributed by atoms with van der Waals surface area (Å²) in [6.45, 7) is -0.0853. The molecule has 0 fully saturated rings. The third kappa shape index (κ3) is 1.60. The number of H-pyrrole nitrogens is 1. The molecule has 0 atom stereocenters. The summed E-state index contributed by atoms with van der Waals surface area (Å²) in [6, 6.07) is 14.0. The van der Waals surface area contributed by atoms with E-state index < -0.39 is 0 Å². The highest BCUT2D eigenvalue weighted by molar-refractivity contribution is 5.81. The molecule has 0 aliphatic carbocycles. The molecule has 2 heterocycles. The highest BCUT2D eigenvalue weighted by Crippen LogP contribution is 2.21. The Labute approximate surface area is 114 Å².